The monoisotopic (exact) mass is 495 g/mol. The van der Waals surface area contributed by atoms with Crippen LogP contribution in [0.1, 0.15) is 0 Å². The smallest absolute Gasteiger partial charge is 0.147 e. The fraction of sp³-hybridized carbons (Fsp3) is 0.0870. The van der Waals surface area contributed by atoms with Crippen LogP contribution in [0.2, 0.25) is 5.02 Å². The number of nitrogens with one attached hydrogen (secondary N) is 4. The van der Waals surface area contributed by atoms with Crippen LogP contribution in [0.4, 0.5) is 34.1 Å². The maximum Gasteiger partial charge on any atom is 0.147 e. The molecular formula is C23H26ClN9O2. The molecule has 0 saturated heterocycles. The van der Waals surface area contributed by atoms with Gasteiger partial charge in [0.05, 0.1) is 30.6 Å². The average Bonchev–Trinajstić information content (AvgIpc) is 2.83. The summed E-state index contributed by atoms with van der Waals surface area (Å²) >= 11 is 6.06. The van der Waals surface area contributed by atoms with Gasteiger partial charge in [0.1, 0.15) is 28.8 Å². The molecule has 0 aromatic heterocycles. The first-order valence-electron chi connectivity index (χ1n) is 10.4. The van der Waals surface area contributed by atoms with Gasteiger partial charge in [-0.25, -0.2) is 4.99 Å². The van der Waals surface area contributed by atoms with Crippen molar-refractivity contribution in [1.82, 2.24) is 16.1 Å². The minimum absolute atomic E-state index is 0.452. The van der Waals surface area contributed by atoms with Crippen LogP contribution in [0.25, 0.3) is 0 Å². The molecule has 0 amide bonds. The van der Waals surface area contributed by atoms with Crippen molar-refractivity contribution in [2.75, 3.05) is 42.2 Å². The van der Waals surface area contributed by atoms with Crippen LogP contribution in [-0.2, 0) is 0 Å². The summed E-state index contributed by atoms with van der Waals surface area (Å²) in [5.41, 5.74) is 30.8. The molecule has 0 radical (unpaired) electrons. The van der Waals surface area contributed by atoms with Crippen LogP contribution in [0.5, 0.6) is 11.5 Å². The normalized spacial score (nSPS) is 14.5. The number of ether oxygens (including phenoxy) is 2. The molecule has 1 heterocycles. The van der Waals surface area contributed by atoms with Crippen molar-refractivity contribution in [2.24, 2.45) is 4.99 Å². The van der Waals surface area contributed by atoms with E-state index in [1.54, 1.807) is 68.8 Å². The molecule has 1 aliphatic heterocycles. The summed E-state index contributed by atoms with van der Waals surface area (Å²) in [6, 6.07) is 15.7. The van der Waals surface area contributed by atoms with Crippen LogP contribution >= 0.6 is 11.6 Å². The zero-order valence-corrected chi connectivity index (χ0v) is 19.9. The SMILES string of the molecule is COc1cc(N)ccc1N=C1C=C(Nc2ccc(Cl)c(N)c2)NN(Nc2ccc(N)cc2OC)N1. The second-order valence-electron chi connectivity index (χ2n) is 7.48. The highest BCUT2D eigenvalue weighted by molar-refractivity contribution is 6.33. The number of anilines is 5. The summed E-state index contributed by atoms with van der Waals surface area (Å²) in [5.74, 6) is 2.16. The summed E-state index contributed by atoms with van der Waals surface area (Å²) in [6.07, 6.45) is 1.78. The molecule has 11 nitrogen and oxygen atoms in total. The van der Waals surface area contributed by atoms with Gasteiger partial charge in [-0.15, -0.1) is 0 Å². The predicted molar refractivity (Wildman–Crippen MR) is 141 cm³/mol. The fourth-order valence-electron chi connectivity index (χ4n) is 3.26. The van der Waals surface area contributed by atoms with Crippen LogP contribution in [0.15, 0.2) is 71.5 Å². The van der Waals surface area contributed by atoms with Crippen LogP contribution in [0.3, 0.4) is 0 Å². The second kappa shape index (κ2) is 10.2. The van der Waals surface area contributed by atoms with E-state index >= 15 is 0 Å². The van der Waals surface area contributed by atoms with Gasteiger partial charge in [0.15, 0.2) is 0 Å². The minimum Gasteiger partial charge on any atom is -0.494 e. The molecule has 182 valence electrons. The van der Waals surface area contributed by atoms with Gasteiger partial charge in [0, 0.05) is 35.3 Å². The Morgan fingerprint density at radius 1 is 0.886 bits per heavy atom. The number of hydrazine groups is 3. The Morgan fingerprint density at radius 3 is 2.31 bits per heavy atom. The standard InChI is InChI=1S/C23H26ClN9O2/c1-34-20-9-13(25)3-7-18(20)29-23-12-22(28-15-5-6-16(24)17(27)11-15)31-33(32-23)30-19-8-4-14(26)10-21(19)35-2/h3-12,28,30-31H,25-27H2,1-2H3,(H,29,32). The molecule has 0 spiro atoms. The molecule has 3 aromatic carbocycles. The Kier molecular flexibility index (Phi) is 6.90. The highest BCUT2D eigenvalue weighted by Crippen LogP contribution is 2.30. The van der Waals surface area contributed by atoms with E-state index in [1.165, 1.54) is 5.23 Å². The van der Waals surface area contributed by atoms with E-state index in [2.05, 4.69) is 21.6 Å². The lowest BCUT2D eigenvalue weighted by Gasteiger charge is -2.32. The topological polar surface area (TPSA) is 160 Å². The number of amidine groups is 1. The number of hydrogen-bond donors (Lipinski definition) is 7. The van der Waals surface area contributed by atoms with E-state index in [0.717, 1.165) is 5.69 Å². The van der Waals surface area contributed by atoms with Gasteiger partial charge in [-0.1, -0.05) is 11.6 Å². The lowest BCUT2D eigenvalue weighted by molar-refractivity contribution is 0.214. The number of aliphatic imine (C=N–C) groups is 1. The average molecular weight is 496 g/mol. The lowest BCUT2D eigenvalue weighted by Crippen LogP contribution is -2.57. The van der Waals surface area contributed by atoms with E-state index in [1.807, 2.05) is 6.07 Å². The maximum absolute atomic E-state index is 6.06. The van der Waals surface area contributed by atoms with Crippen LogP contribution < -0.4 is 48.3 Å². The molecule has 0 saturated carbocycles. The molecular weight excluding hydrogens is 470 g/mol. The molecule has 35 heavy (non-hydrogen) atoms. The molecule has 12 heteroatoms. The first kappa shape index (κ1) is 23.7. The Hall–Kier alpha value is -4.48. The molecule has 4 rings (SSSR count). The number of nitrogens with zero attached hydrogens (tertiary/aromatic N) is 2. The Labute approximate surface area is 207 Å². The van der Waals surface area contributed by atoms with Gasteiger partial charge in [-0.3, -0.25) is 16.3 Å². The van der Waals surface area contributed by atoms with Crippen LogP contribution in [0, 0.1) is 0 Å². The lowest BCUT2D eigenvalue weighted by atomic mass is 10.2. The van der Waals surface area contributed by atoms with Crippen molar-refractivity contribution in [1.29, 1.82) is 0 Å². The largest absolute Gasteiger partial charge is 0.494 e. The number of hydrogen-bond acceptors (Lipinski definition) is 10. The third kappa shape index (κ3) is 5.72. The summed E-state index contributed by atoms with van der Waals surface area (Å²) in [5, 5.41) is 5.25. The van der Waals surface area contributed by atoms with Gasteiger partial charge in [0.2, 0.25) is 0 Å². The third-order valence-electron chi connectivity index (χ3n) is 4.92. The number of methoxy groups -OCH3 is 2. The molecule has 0 fully saturated rings. The highest BCUT2D eigenvalue weighted by Gasteiger charge is 2.18. The Morgan fingerprint density at radius 2 is 1.60 bits per heavy atom. The Balaban J connectivity index is 1.67. The van der Waals surface area contributed by atoms with Gasteiger partial charge >= 0.3 is 0 Å². The number of nitrogen functional groups attached to an aromatic ring is 3. The number of halogens is 1. The van der Waals surface area contributed by atoms with Gasteiger partial charge in [-0.05, 0) is 47.7 Å². The third-order valence-corrected chi connectivity index (χ3v) is 5.26. The molecule has 3 aromatic rings. The van der Waals surface area contributed by atoms with E-state index in [9.17, 15) is 0 Å². The maximum atomic E-state index is 6.06. The molecule has 0 atom stereocenters. The van der Waals surface area contributed by atoms with Gasteiger partial charge in [0.25, 0.3) is 0 Å². The first-order chi connectivity index (χ1) is 16.8. The van der Waals surface area contributed by atoms with Crippen molar-refractivity contribution in [3.63, 3.8) is 0 Å². The molecule has 1 aliphatic rings. The summed E-state index contributed by atoms with van der Waals surface area (Å²) < 4.78 is 10.9. The minimum atomic E-state index is 0.452. The Bertz CT molecular complexity index is 1300. The molecule has 0 bridgehead atoms. The fourth-order valence-corrected chi connectivity index (χ4v) is 3.37. The van der Waals surface area contributed by atoms with E-state index in [-0.39, 0.29) is 0 Å². The predicted octanol–water partition coefficient (Wildman–Crippen LogP) is 3.44. The zero-order valence-electron chi connectivity index (χ0n) is 19.1. The zero-order chi connectivity index (χ0) is 24.9. The number of benzene rings is 3. The molecule has 10 N–H and O–H groups in total. The van der Waals surface area contributed by atoms with Gasteiger partial charge < -0.3 is 32.0 Å². The summed E-state index contributed by atoms with van der Waals surface area (Å²) in [4.78, 5) is 4.69. The summed E-state index contributed by atoms with van der Waals surface area (Å²) in [6.45, 7) is 0. The number of rotatable bonds is 7. The van der Waals surface area contributed by atoms with Crippen molar-refractivity contribution in [3.05, 3.63) is 71.5 Å². The quantitative estimate of drug-likeness (QED) is 0.242. The van der Waals surface area contributed by atoms with E-state index in [4.69, 9.17) is 43.3 Å². The van der Waals surface area contributed by atoms with Crippen molar-refractivity contribution in [2.45, 2.75) is 0 Å². The molecule has 0 unspecified atom stereocenters. The van der Waals surface area contributed by atoms with E-state index in [0.29, 0.717) is 56.6 Å². The summed E-state index contributed by atoms with van der Waals surface area (Å²) in [7, 11) is 3.12. The second-order valence-corrected chi connectivity index (χ2v) is 7.89. The van der Waals surface area contributed by atoms with Crippen molar-refractivity contribution < 1.29 is 9.47 Å². The van der Waals surface area contributed by atoms with E-state index < -0.39 is 0 Å². The highest BCUT2D eigenvalue weighted by atomic mass is 35.5. The van der Waals surface area contributed by atoms with Crippen LogP contribution in [-0.4, -0.2) is 25.3 Å². The number of nitrogens with two attached hydrogens (primary N) is 3. The van der Waals surface area contributed by atoms with Gasteiger partial charge in [-0.2, -0.15) is 0 Å². The van der Waals surface area contributed by atoms with Crippen molar-refractivity contribution >= 4 is 51.6 Å². The van der Waals surface area contributed by atoms with Crippen molar-refractivity contribution in [3.8, 4) is 11.5 Å². The first-order valence-corrected chi connectivity index (χ1v) is 10.8. The molecule has 0 aliphatic carbocycles.